The van der Waals surface area contributed by atoms with Crippen molar-refractivity contribution >= 4 is 22.9 Å². The Morgan fingerprint density at radius 1 is 1.08 bits per heavy atom. The zero-order chi connectivity index (χ0) is 17.4. The maximum Gasteiger partial charge on any atom is 0.170 e. The van der Waals surface area contributed by atoms with Crippen LogP contribution in [0.5, 0.6) is 0 Å². The molecule has 0 saturated heterocycles. The largest absolute Gasteiger partial charge is 0.391 e. The summed E-state index contributed by atoms with van der Waals surface area (Å²) < 4.78 is 0. The van der Waals surface area contributed by atoms with E-state index in [0.717, 1.165) is 22.7 Å². The highest BCUT2D eigenvalue weighted by molar-refractivity contribution is 6.16. The van der Waals surface area contributed by atoms with E-state index in [1.807, 2.05) is 54.6 Å². The van der Waals surface area contributed by atoms with E-state index < -0.39 is 0 Å². The van der Waals surface area contributed by atoms with E-state index in [1.165, 1.54) is 0 Å². The van der Waals surface area contributed by atoms with Crippen LogP contribution in [0, 0.1) is 5.41 Å². The molecule has 1 unspecified atom stereocenters. The van der Waals surface area contributed by atoms with Gasteiger partial charge in [0.25, 0.3) is 0 Å². The maximum absolute atomic E-state index is 12.4. The predicted molar refractivity (Wildman–Crippen MR) is 98.7 cm³/mol. The van der Waals surface area contributed by atoms with Crippen molar-refractivity contribution in [3.05, 3.63) is 65.7 Å². The molecule has 2 aromatic rings. The minimum absolute atomic E-state index is 0.125. The van der Waals surface area contributed by atoms with Gasteiger partial charge < -0.3 is 4.84 Å². The Hall–Kier alpha value is -2.75. The minimum atomic E-state index is -0.246. The lowest BCUT2D eigenvalue weighted by Gasteiger charge is -2.27. The van der Waals surface area contributed by atoms with Gasteiger partial charge in [0.15, 0.2) is 5.78 Å². The molecule has 4 heteroatoms. The van der Waals surface area contributed by atoms with Gasteiger partial charge in [-0.3, -0.25) is 9.79 Å². The SMILES string of the molecule is CC1(C)C(c2ccccc2)=NOC1CC1=Nc2ccccc2C(=O)C1. The van der Waals surface area contributed by atoms with Crippen LogP contribution in [0.15, 0.2) is 64.7 Å². The van der Waals surface area contributed by atoms with Crippen molar-refractivity contribution in [2.24, 2.45) is 15.6 Å². The fourth-order valence-corrected chi connectivity index (χ4v) is 3.46. The van der Waals surface area contributed by atoms with Gasteiger partial charge in [0.1, 0.15) is 6.10 Å². The second-order valence-corrected chi connectivity index (χ2v) is 7.12. The molecule has 0 radical (unpaired) electrons. The van der Waals surface area contributed by atoms with Gasteiger partial charge in [0, 0.05) is 24.1 Å². The highest BCUT2D eigenvalue weighted by Crippen LogP contribution is 2.38. The van der Waals surface area contributed by atoms with E-state index in [0.29, 0.717) is 18.4 Å². The van der Waals surface area contributed by atoms with Crippen LogP contribution in [0.25, 0.3) is 0 Å². The number of benzene rings is 2. The number of oxime groups is 1. The molecule has 0 saturated carbocycles. The molecule has 2 aliphatic rings. The van der Waals surface area contributed by atoms with Gasteiger partial charge in [0.2, 0.25) is 0 Å². The van der Waals surface area contributed by atoms with Gasteiger partial charge in [-0.1, -0.05) is 61.5 Å². The molecular weight excluding hydrogens is 312 g/mol. The number of carbonyl (C=O) groups is 1. The maximum atomic E-state index is 12.4. The number of aliphatic imine (C=N–C) groups is 1. The van der Waals surface area contributed by atoms with Crippen LogP contribution in [0.3, 0.4) is 0 Å². The van der Waals surface area contributed by atoms with Crippen molar-refractivity contribution in [3.63, 3.8) is 0 Å². The van der Waals surface area contributed by atoms with E-state index >= 15 is 0 Å². The Kier molecular flexibility index (Phi) is 3.75. The molecule has 4 rings (SSSR count). The molecule has 0 N–H and O–H groups in total. The molecule has 0 spiro atoms. The molecule has 126 valence electrons. The van der Waals surface area contributed by atoms with E-state index in [9.17, 15) is 4.79 Å². The van der Waals surface area contributed by atoms with Crippen molar-refractivity contribution in [2.45, 2.75) is 32.8 Å². The van der Waals surface area contributed by atoms with Crippen LogP contribution in [-0.2, 0) is 4.84 Å². The smallest absolute Gasteiger partial charge is 0.170 e. The summed E-state index contributed by atoms with van der Waals surface area (Å²) in [5.41, 5.74) is 4.10. The van der Waals surface area contributed by atoms with Crippen LogP contribution in [0.2, 0.25) is 0 Å². The van der Waals surface area contributed by atoms with Gasteiger partial charge in [-0.25, -0.2) is 0 Å². The van der Waals surface area contributed by atoms with E-state index in [1.54, 1.807) is 0 Å². The lowest BCUT2D eigenvalue weighted by molar-refractivity contribution is 0.0419. The molecule has 0 bridgehead atoms. The average Bonchev–Trinajstić information content (AvgIpc) is 2.90. The summed E-state index contributed by atoms with van der Waals surface area (Å²) in [5.74, 6) is 0.126. The Labute approximate surface area is 147 Å². The highest BCUT2D eigenvalue weighted by Gasteiger charge is 2.43. The summed E-state index contributed by atoms with van der Waals surface area (Å²) in [6.45, 7) is 4.27. The zero-order valence-corrected chi connectivity index (χ0v) is 14.4. The summed E-state index contributed by atoms with van der Waals surface area (Å²) in [4.78, 5) is 22.8. The summed E-state index contributed by atoms with van der Waals surface area (Å²) in [6, 6.07) is 17.6. The lowest BCUT2D eigenvalue weighted by atomic mass is 9.77. The van der Waals surface area contributed by atoms with Crippen molar-refractivity contribution in [3.8, 4) is 0 Å². The quantitative estimate of drug-likeness (QED) is 0.827. The van der Waals surface area contributed by atoms with Gasteiger partial charge in [-0.15, -0.1) is 0 Å². The van der Waals surface area contributed by atoms with Gasteiger partial charge in [0.05, 0.1) is 16.8 Å². The first kappa shape index (κ1) is 15.8. The molecule has 4 nitrogen and oxygen atoms in total. The summed E-state index contributed by atoms with van der Waals surface area (Å²) in [5, 5.41) is 4.35. The summed E-state index contributed by atoms with van der Waals surface area (Å²) >= 11 is 0. The molecule has 1 atom stereocenters. The monoisotopic (exact) mass is 332 g/mol. The number of rotatable bonds is 3. The van der Waals surface area contributed by atoms with Crippen molar-refractivity contribution in [1.82, 2.24) is 0 Å². The Balaban J connectivity index is 1.57. The van der Waals surface area contributed by atoms with Crippen LogP contribution < -0.4 is 0 Å². The van der Waals surface area contributed by atoms with Crippen LogP contribution >= 0.6 is 0 Å². The molecule has 25 heavy (non-hydrogen) atoms. The number of hydrogen-bond donors (Lipinski definition) is 0. The number of nitrogens with zero attached hydrogens (tertiary/aromatic N) is 2. The molecule has 2 aromatic carbocycles. The second-order valence-electron chi connectivity index (χ2n) is 7.12. The first-order valence-corrected chi connectivity index (χ1v) is 8.54. The molecule has 0 aromatic heterocycles. The van der Waals surface area contributed by atoms with E-state index in [2.05, 4.69) is 24.0 Å². The van der Waals surface area contributed by atoms with Gasteiger partial charge in [-0.05, 0) is 17.7 Å². The normalized spacial score (nSPS) is 21.2. The molecule has 0 aliphatic carbocycles. The van der Waals surface area contributed by atoms with Crippen LogP contribution in [0.4, 0.5) is 5.69 Å². The van der Waals surface area contributed by atoms with Crippen LogP contribution in [-0.4, -0.2) is 23.3 Å². The first-order chi connectivity index (χ1) is 12.1. The second kappa shape index (κ2) is 5.96. The van der Waals surface area contributed by atoms with Gasteiger partial charge >= 0.3 is 0 Å². The topological polar surface area (TPSA) is 51.0 Å². The summed E-state index contributed by atoms with van der Waals surface area (Å²) in [6.07, 6.45) is 0.833. The number of carbonyl (C=O) groups excluding carboxylic acids is 1. The fourth-order valence-electron chi connectivity index (χ4n) is 3.46. The van der Waals surface area contributed by atoms with Crippen LogP contribution in [0.1, 0.15) is 42.6 Å². The fraction of sp³-hybridized carbons (Fsp3) is 0.286. The van der Waals surface area contributed by atoms with Crippen molar-refractivity contribution in [2.75, 3.05) is 0 Å². The molecular formula is C21H20N2O2. The highest BCUT2D eigenvalue weighted by atomic mass is 16.6. The van der Waals surface area contributed by atoms with Crippen molar-refractivity contribution < 1.29 is 9.63 Å². The lowest BCUT2D eigenvalue weighted by Crippen LogP contribution is -2.35. The first-order valence-electron chi connectivity index (χ1n) is 8.54. The number of fused-ring (bicyclic) bond motifs is 1. The Bertz CT molecular complexity index is 882. The number of Topliss-reactive ketones (excluding diaryl/α,β-unsaturated/α-hetero) is 1. The molecule has 0 amide bonds. The van der Waals surface area contributed by atoms with Crippen molar-refractivity contribution in [1.29, 1.82) is 0 Å². The number of hydrogen-bond acceptors (Lipinski definition) is 4. The standard InChI is InChI=1S/C21H20N2O2/c1-21(2)19(25-23-20(21)14-8-4-3-5-9-14)13-15-12-18(24)16-10-6-7-11-17(16)22-15/h3-11,19H,12-13H2,1-2H3. The third-order valence-corrected chi connectivity index (χ3v) is 5.00. The number of ketones is 1. The average molecular weight is 332 g/mol. The Morgan fingerprint density at radius 3 is 2.60 bits per heavy atom. The number of para-hydroxylation sites is 1. The Morgan fingerprint density at radius 2 is 1.80 bits per heavy atom. The summed E-state index contributed by atoms with van der Waals surface area (Å²) in [7, 11) is 0. The van der Waals surface area contributed by atoms with Gasteiger partial charge in [-0.2, -0.15) is 0 Å². The molecule has 2 aliphatic heterocycles. The van der Waals surface area contributed by atoms with E-state index in [-0.39, 0.29) is 17.3 Å². The van der Waals surface area contributed by atoms with E-state index in [4.69, 9.17) is 4.84 Å². The molecule has 0 fully saturated rings. The third kappa shape index (κ3) is 2.78. The molecule has 2 heterocycles. The predicted octanol–water partition coefficient (Wildman–Crippen LogP) is 4.56. The minimum Gasteiger partial charge on any atom is -0.391 e. The third-order valence-electron chi connectivity index (χ3n) is 5.00. The zero-order valence-electron chi connectivity index (χ0n) is 14.4.